The number of aliphatic carboxylic acids is 1. The fraction of sp³-hybridized carbons (Fsp3) is 0.667. The molecule has 2 saturated heterocycles. The number of carbonyl (C=O) groups excluding carboxylic acids is 1. The molecule has 1 unspecified atom stereocenters. The Labute approximate surface area is 138 Å². The molecule has 0 aromatic carbocycles. The predicted molar refractivity (Wildman–Crippen MR) is 86.1 cm³/mol. The van der Waals surface area contributed by atoms with E-state index in [1.165, 1.54) is 16.7 Å². The van der Waals surface area contributed by atoms with Gasteiger partial charge in [0.05, 0.1) is 23.9 Å². The normalized spacial score (nSPS) is 31.3. The molecule has 0 spiro atoms. The zero-order valence-corrected chi connectivity index (χ0v) is 14.0. The van der Waals surface area contributed by atoms with Crippen LogP contribution in [0.2, 0.25) is 0 Å². The zero-order valence-electron chi connectivity index (χ0n) is 13.2. The van der Waals surface area contributed by atoms with Gasteiger partial charge in [0, 0.05) is 29.7 Å². The number of nitrogens with zero attached hydrogens (tertiary/aromatic N) is 2. The van der Waals surface area contributed by atoms with E-state index < -0.39 is 18.0 Å². The molecule has 3 heterocycles. The largest absolute Gasteiger partial charge is 0.477 e. The van der Waals surface area contributed by atoms with Crippen molar-refractivity contribution < 1.29 is 19.8 Å². The molecule has 0 aliphatic carbocycles. The first-order chi connectivity index (χ1) is 10.8. The van der Waals surface area contributed by atoms with Crippen LogP contribution in [0, 0.1) is 11.3 Å². The van der Waals surface area contributed by atoms with Crippen molar-refractivity contribution in [3.63, 3.8) is 0 Å². The Morgan fingerprint density at radius 2 is 2.17 bits per heavy atom. The second-order valence-corrected chi connectivity index (χ2v) is 7.78. The number of hydrogen-bond donors (Lipinski definition) is 3. The van der Waals surface area contributed by atoms with Gasteiger partial charge in [-0.05, 0) is 20.3 Å². The number of nitrogens with one attached hydrogen (secondary N) is 1. The molecule has 0 aromatic heterocycles. The van der Waals surface area contributed by atoms with Gasteiger partial charge in [-0.3, -0.25) is 10.2 Å². The molecule has 3 aliphatic rings. The Kier molecular flexibility index (Phi) is 4.14. The third-order valence-corrected chi connectivity index (χ3v) is 6.18. The first-order valence-electron chi connectivity index (χ1n) is 7.75. The summed E-state index contributed by atoms with van der Waals surface area (Å²) in [6.07, 6.45) is 0.648. The molecule has 0 radical (unpaired) electrons. The van der Waals surface area contributed by atoms with Crippen LogP contribution in [0.3, 0.4) is 0 Å². The number of hydrogen-bond acceptors (Lipinski definition) is 5. The maximum atomic E-state index is 12.1. The summed E-state index contributed by atoms with van der Waals surface area (Å²) in [7, 11) is 0. The first-order valence-corrected chi connectivity index (χ1v) is 8.63. The molecule has 0 saturated carbocycles. The van der Waals surface area contributed by atoms with Crippen LogP contribution < -0.4 is 0 Å². The lowest BCUT2D eigenvalue weighted by molar-refractivity contribution is -0.161. The molecular formula is C15H21N3O4S. The highest BCUT2D eigenvalue weighted by Crippen LogP contribution is 2.48. The van der Waals surface area contributed by atoms with Crippen molar-refractivity contribution in [1.82, 2.24) is 9.80 Å². The zero-order chi connectivity index (χ0) is 16.9. The highest BCUT2D eigenvalue weighted by Gasteiger charge is 2.57. The second-order valence-electron chi connectivity index (χ2n) is 6.38. The number of thioether (sulfide) groups is 1. The topological polar surface area (TPSA) is 105 Å². The number of amides is 1. The second kappa shape index (κ2) is 5.83. The van der Waals surface area contributed by atoms with Crippen molar-refractivity contribution in [2.75, 3.05) is 13.1 Å². The SMILES string of the molecule is CC(=N)N1CC[C@H](SC2=C(C(=O)O)N3C(=O)C([C@@H](C)O)[C@H]3C2)C1. The number of amidine groups is 1. The summed E-state index contributed by atoms with van der Waals surface area (Å²) in [6, 6.07) is -0.224. The number of carboxylic acid groups (broad SMARTS) is 1. The van der Waals surface area contributed by atoms with Gasteiger partial charge >= 0.3 is 5.97 Å². The van der Waals surface area contributed by atoms with Gasteiger partial charge in [0.15, 0.2) is 0 Å². The van der Waals surface area contributed by atoms with Crippen LogP contribution in [-0.4, -0.2) is 68.2 Å². The average molecular weight is 339 g/mol. The lowest BCUT2D eigenvalue weighted by Gasteiger charge is -2.44. The monoisotopic (exact) mass is 339 g/mol. The van der Waals surface area contributed by atoms with Gasteiger partial charge in [0.1, 0.15) is 5.70 Å². The summed E-state index contributed by atoms with van der Waals surface area (Å²) in [5.74, 6) is -1.33. The number of β-lactam (4-membered cyclic amide) rings is 1. The van der Waals surface area contributed by atoms with Crippen LogP contribution in [0.15, 0.2) is 10.6 Å². The minimum Gasteiger partial charge on any atom is -0.477 e. The number of fused-ring (bicyclic) bond motifs is 1. The molecule has 3 N–H and O–H groups in total. The lowest BCUT2D eigenvalue weighted by Crippen LogP contribution is -2.61. The van der Waals surface area contributed by atoms with Gasteiger partial charge in [-0.1, -0.05) is 0 Å². The van der Waals surface area contributed by atoms with Gasteiger partial charge in [0.2, 0.25) is 5.91 Å². The van der Waals surface area contributed by atoms with E-state index in [1.54, 1.807) is 13.8 Å². The third-order valence-electron chi connectivity index (χ3n) is 4.82. The minimum atomic E-state index is -1.08. The van der Waals surface area contributed by atoms with Crippen LogP contribution in [-0.2, 0) is 9.59 Å². The van der Waals surface area contributed by atoms with Crippen molar-refractivity contribution >= 4 is 29.5 Å². The van der Waals surface area contributed by atoms with Gasteiger partial charge in [0.25, 0.3) is 0 Å². The van der Waals surface area contributed by atoms with Crippen LogP contribution >= 0.6 is 11.8 Å². The Hall–Kier alpha value is -1.54. The Balaban J connectivity index is 1.75. The van der Waals surface area contributed by atoms with Crippen LogP contribution in [0.1, 0.15) is 26.7 Å². The number of aliphatic hydroxyl groups is 1. The van der Waals surface area contributed by atoms with E-state index in [-0.39, 0.29) is 22.9 Å². The number of rotatable bonds is 4. The maximum Gasteiger partial charge on any atom is 0.353 e. The van der Waals surface area contributed by atoms with E-state index >= 15 is 0 Å². The van der Waals surface area contributed by atoms with Crippen molar-refractivity contribution in [3.8, 4) is 0 Å². The maximum absolute atomic E-state index is 12.1. The summed E-state index contributed by atoms with van der Waals surface area (Å²) >= 11 is 1.52. The molecule has 1 amide bonds. The molecule has 0 bridgehead atoms. The summed E-state index contributed by atoms with van der Waals surface area (Å²) in [4.78, 5) is 27.8. The molecule has 23 heavy (non-hydrogen) atoms. The van der Waals surface area contributed by atoms with Gasteiger partial charge in [-0.15, -0.1) is 11.8 Å². The van der Waals surface area contributed by atoms with E-state index in [2.05, 4.69) is 0 Å². The van der Waals surface area contributed by atoms with Crippen molar-refractivity contribution in [1.29, 1.82) is 5.41 Å². The van der Waals surface area contributed by atoms with Gasteiger partial charge in [-0.25, -0.2) is 4.79 Å². The van der Waals surface area contributed by atoms with E-state index in [4.69, 9.17) is 5.41 Å². The highest BCUT2D eigenvalue weighted by molar-refractivity contribution is 8.03. The van der Waals surface area contributed by atoms with Crippen molar-refractivity contribution in [2.45, 2.75) is 44.1 Å². The van der Waals surface area contributed by atoms with Gasteiger partial charge in [-0.2, -0.15) is 0 Å². The third kappa shape index (κ3) is 2.63. The Morgan fingerprint density at radius 1 is 1.48 bits per heavy atom. The van der Waals surface area contributed by atoms with Crippen LogP contribution in [0.25, 0.3) is 0 Å². The quantitative estimate of drug-likeness (QED) is 0.396. The predicted octanol–water partition coefficient (Wildman–Crippen LogP) is 0.699. The summed E-state index contributed by atoms with van der Waals surface area (Å²) < 4.78 is 0. The fourth-order valence-electron chi connectivity index (χ4n) is 3.67. The number of carboxylic acids is 1. The highest BCUT2D eigenvalue weighted by atomic mass is 32.2. The molecule has 126 valence electrons. The molecule has 3 aliphatic heterocycles. The molecular weight excluding hydrogens is 318 g/mol. The fourth-order valence-corrected chi connectivity index (χ4v) is 5.11. The minimum absolute atomic E-state index is 0.0897. The Morgan fingerprint density at radius 3 is 2.70 bits per heavy atom. The van der Waals surface area contributed by atoms with Crippen molar-refractivity contribution in [2.24, 2.45) is 5.92 Å². The molecule has 2 fully saturated rings. The van der Waals surface area contributed by atoms with E-state index in [0.29, 0.717) is 12.3 Å². The first kappa shape index (κ1) is 16.3. The van der Waals surface area contributed by atoms with E-state index in [1.807, 2.05) is 4.90 Å². The molecule has 8 heteroatoms. The number of carbonyl (C=O) groups is 2. The Bertz CT molecular complexity index is 604. The van der Waals surface area contributed by atoms with E-state index in [0.717, 1.165) is 24.4 Å². The molecule has 7 nitrogen and oxygen atoms in total. The van der Waals surface area contributed by atoms with E-state index in [9.17, 15) is 19.8 Å². The molecule has 3 rings (SSSR count). The summed E-state index contributed by atoms with van der Waals surface area (Å²) in [5, 5.41) is 27.1. The summed E-state index contributed by atoms with van der Waals surface area (Å²) in [5.41, 5.74) is 0.0897. The van der Waals surface area contributed by atoms with Gasteiger partial charge < -0.3 is 20.0 Å². The summed E-state index contributed by atoms with van der Waals surface area (Å²) in [6.45, 7) is 4.87. The van der Waals surface area contributed by atoms with Crippen LogP contribution in [0.4, 0.5) is 0 Å². The number of likely N-dealkylation sites (tertiary alicyclic amines) is 1. The number of aliphatic hydroxyl groups excluding tert-OH is 1. The average Bonchev–Trinajstić information content (AvgIpc) is 3.02. The molecule has 4 atom stereocenters. The standard InChI is InChI=1S/C15H21N3O4S/c1-7(19)12-10-5-11(13(15(21)22)18(10)14(12)20)23-9-3-4-17(6-9)8(2)16/h7,9-10,12,16,19H,3-6H2,1-2H3,(H,21,22)/t7-,9+,10-,12?/m1/s1. The lowest BCUT2D eigenvalue weighted by atomic mass is 9.83. The van der Waals surface area contributed by atoms with Crippen LogP contribution in [0.5, 0.6) is 0 Å². The molecule has 0 aromatic rings. The smallest absolute Gasteiger partial charge is 0.353 e. The van der Waals surface area contributed by atoms with Crippen molar-refractivity contribution in [3.05, 3.63) is 10.6 Å².